The van der Waals surface area contributed by atoms with Crippen LogP contribution in [0.1, 0.15) is 18.4 Å². The number of ether oxygens (including phenoxy) is 1. The van der Waals surface area contributed by atoms with Crippen molar-refractivity contribution >= 4 is 23.5 Å². The van der Waals surface area contributed by atoms with Gasteiger partial charge < -0.3 is 14.7 Å². The zero-order valence-electron chi connectivity index (χ0n) is 10.9. The van der Waals surface area contributed by atoms with Crippen LogP contribution in [0.5, 0.6) is 0 Å². The Balaban J connectivity index is 2.05. The molecular formula is C14H16ClNO4. The summed E-state index contributed by atoms with van der Waals surface area (Å²) in [4.78, 5) is 24.3. The molecule has 1 atom stereocenters. The monoisotopic (exact) mass is 297 g/mol. The third-order valence-electron chi connectivity index (χ3n) is 3.25. The van der Waals surface area contributed by atoms with Gasteiger partial charge in [-0.05, 0) is 24.1 Å². The quantitative estimate of drug-likeness (QED) is 0.902. The Morgan fingerprint density at radius 1 is 1.40 bits per heavy atom. The van der Waals surface area contributed by atoms with Gasteiger partial charge in [0.05, 0.1) is 12.6 Å². The molecular weight excluding hydrogens is 282 g/mol. The van der Waals surface area contributed by atoms with Crippen molar-refractivity contribution < 1.29 is 19.4 Å². The standard InChI is InChI=1S/C14H16ClNO4/c15-11-3-1-10(2-4-11)7-16-12(5-6-14(18)19)8-20-9-13(16)17/h1-4,12H,5-9H2,(H,18,19). The van der Waals surface area contributed by atoms with Gasteiger partial charge in [-0.3, -0.25) is 9.59 Å². The summed E-state index contributed by atoms with van der Waals surface area (Å²) in [6, 6.07) is 7.07. The average molecular weight is 298 g/mol. The molecule has 0 aliphatic carbocycles. The predicted octanol–water partition coefficient (Wildman–Crippen LogP) is 1.93. The Labute approximate surface area is 122 Å². The minimum absolute atomic E-state index is 0.0262. The summed E-state index contributed by atoms with van der Waals surface area (Å²) in [6.07, 6.45) is 0.424. The first-order valence-electron chi connectivity index (χ1n) is 6.39. The zero-order chi connectivity index (χ0) is 14.5. The molecule has 1 aliphatic rings. The highest BCUT2D eigenvalue weighted by Crippen LogP contribution is 2.18. The van der Waals surface area contributed by atoms with E-state index in [1.165, 1.54) is 0 Å². The number of morpholine rings is 1. The molecule has 1 amide bonds. The van der Waals surface area contributed by atoms with Crippen molar-refractivity contribution in [2.24, 2.45) is 0 Å². The van der Waals surface area contributed by atoms with Crippen LogP contribution in [0.2, 0.25) is 5.02 Å². The number of halogens is 1. The lowest BCUT2D eigenvalue weighted by molar-refractivity contribution is -0.151. The number of carbonyl (C=O) groups is 2. The van der Waals surface area contributed by atoms with Gasteiger partial charge >= 0.3 is 5.97 Å². The molecule has 0 aromatic heterocycles. The van der Waals surface area contributed by atoms with Crippen LogP contribution in [-0.4, -0.2) is 41.1 Å². The molecule has 1 heterocycles. The van der Waals surface area contributed by atoms with Crippen LogP contribution in [0.15, 0.2) is 24.3 Å². The highest BCUT2D eigenvalue weighted by Gasteiger charge is 2.28. The first-order valence-corrected chi connectivity index (χ1v) is 6.77. The Kier molecular flexibility index (Phi) is 4.98. The molecule has 1 aromatic carbocycles. The Morgan fingerprint density at radius 3 is 2.75 bits per heavy atom. The highest BCUT2D eigenvalue weighted by atomic mass is 35.5. The molecule has 1 N–H and O–H groups in total. The molecule has 1 unspecified atom stereocenters. The van der Waals surface area contributed by atoms with Crippen molar-refractivity contribution in [2.45, 2.75) is 25.4 Å². The van der Waals surface area contributed by atoms with Crippen molar-refractivity contribution in [1.82, 2.24) is 4.90 Å². The topological polar surface area (TPSA) is 66.8 Å². The fourth-order valence-electron chi connectivity index (χ4n) is 2.19. The maximum Gasteiger partial charge on any atom is 0.303 e. The number of carbonyl (C=O) groups excluding carboxylic acids is 1. The lowest BCUT2D eigenvalue weighted by atomic mass is 10.1. The number of carboxylic acids is 1. The molecule has 1 saturated heterocycles. The number of aliphatic carboxylic acids is 1. The van der Waals surface area contributed by atoms with E-state index < -0.39 is 5.97 Å². The van der Waals surface area contributed by atoms with Gasteiger partial charge in [0.2, 0.25) is 5.91 Å². The van der Waals surface area contributed by atoms with E-state index in [1.54, 1.807) is 17.0 Å². The van der Waals surface area contributed by atoms with Gasteiger partial charge in [0.25, 0.3) is 0 Å². The molecule has 0 spiro atoms. The highest BCUT2D eigenvalue weighted by molar-refractivity contribution is 6.30. The molecule has 2 rings (SSSR count). The van der Waals surface area contributed by atoms with Gasteiger partial charge in [0.15, 0.2) is 0 Å². The van der Waals surface area contributed by atoms with Gasteiger partial charge in [-0.2, -0.15) is 0 Å². The molecule has 1 fully saturated rings. The van der Waals surface area contributed by atoms with E-state index in [0.717, 1.165) is 5.56 Å². The Hall–Kier alpha value is -1.59. The van der Waals surface area contributed by atoms with E-state index in [4.69, 9.17) is 21.4 Å². The molecule has 0 radical (unpaired) electrons. The third kappa shape index (κ3) is 3.95. The van der Waals surface area contributed by atoms with Gasteiger partial charge in [-0.15, -0.1) is 0 Å². The van der Waals surface area contributed by atoms with Crippen LogP contribution >= 0.6 is 11.6 Å². The summed E-state index contributed by atoms with van der Waals surface area (Å²) < 4.78 is 5.21. The van der Waals surface area contributed by atoms with Gasteiger partial charge in [0.1, 0.15) is 6.61 Å². The van der Waals surface area contributed by atoms with Crippen LogP contribution in [-0.2, 0) is 20.9 Å². The van der Waals surface area contributed by atoms with Crippen molar-refractivity contribution in [1.29, 1.82) is 0 Å². The van der Waals surface area contributed by atoms with Crippen LogP contribution in [0, 0.1) is 0 Å². The van der Waals surface area contributed by atoms with Crippen LogP contribution in [0.4, 0.5) is 0 Å². The van der Waals surface area contributed by atoms with Crippen molar-refractivity contribution in [2.75, 3.05) is 13.2 Å². The fraction of sp³-hybridized carbons (Fsp3) is 0.429. The third-order valence-corrected chi connectivity index (χ3v) is 3.51. The van der Waals surface area contributed by atoms with Crippen LogP contribution < -0.4 is 0 Å². The molecule has 0 saturated carbocycles. The minimum Gasteiger partial charge on any atom is -0.481 e. The maximum atomic E-state index is 11.9. The predicted molar refractivity (Wildman–Crippen MR) is 73.5 cm³/mol. The molecule has 0 bridgehead atoms. The zero-order valence-corrected chi connectivity index (χ0v) is 11.7. The van der Waals surface area contributed by atoms with E-state index in [9.17, 15) is 9.59 Å². The summed E-state index contributed by atoms with van der Waals surface area (Å²) in [6.45, 7) is 0.882. The first-order chi connectivity index (χ1) is 9.56. The lowest BCUT2D eigenvalue weighted by Crippen LogP contribution is -2.48. The molecule has 6 heteroatoms. The number of nitrogens with zero attached hydrogens (tertiary/aromatic N) is 1. The SMILES string of the molecule is O=C(O)CCC1COCC(=O)N1Cc1ccc(Cl)cc1. The minimum atomic E-state index is -0.866. The molecule has 108 valence electrons. The lowest BCUT2D eigenvalue weighted by Gasteiger charge is -2.35. The van der Waals surface area contributed by atoms with Gasteiger partial charge in [0, 0.05) is 18.0 Å². The van der Waals surface area contributed by atoms with Gasteiger partial charge in [-0.25, -0.2) is 0 Å². The molecule has 20 heavy (non-hydrogen) atoms. The fourth-order valence-corrected chi connectivity index (χ4v) is 2.32. The number of hydrogen-bond acceptors (Lipinski definition) is 3. The summed E-state index contributed by atoms with van der Waals surface area (Å²) in [5.74, 6) is -0.976. The Bertz CT molecular complexity index is 488. The maximum absolute atomic E-state index is 11.9. The molecule has 1 aromatic rings. The second kappa shape index (κ2) is 6.72. The summed E-state index contributed by atoms with van der Waals surface area (Å²) >= 11 is 5.83. The van der Waals surface area contributed by atoms with E-state index in [0.29, 0.717) is 24.6 Å². The Morgan fingerprint density at radius 2 is 2.10 bits per heavy atom. The first kappa shape index (κ1) is 14.8. The number of hydrogen-bond donors (Lipinski definition) is 1. The van der Waals surface area contributed by atoms with Crippen LogP contribution in [0.3, 0.4) is 0 Å². The summed E-state index contributed by atoms with van der Waals surface area (Å²) in [5, 5.41) is 9.40. The van der Waals surface area contributed by atoms with Crippen molar-refractivity contribution in [3.05, 3.63) is 34.9 Å². The number of amides is 1. The van der Waals surface area contributed by atoms with E-state index in [-0.39, 0.29) is 25.0 Å². The van der Waals surface area contributed by atoms with Crippen LogP contribution in [0.25, 0.3) is 0 Å². The summed E-state index contributed by atoms with van der Waals surface area (Å²) in [7, 11) is 0. The number of benzene rings is 1. The van der Waals surface area contributed by atoms with Gasteiger partial charge in [-0.1, -0.05) is 23.7 Å². The average Bonchev–Trinajstić information content (AvgIpc) is 2.41. The molecule has 5 nitrogen and oxygen atoms in total. The number of carboxylic acid groups (broad SMARTS) is 1. The van der Waals surface area contributed by atoms with E-state index in [2.05, 4.69) is 0 Å². The summed E-state index contributed by atoms with van der Waals surface area (Å²) in [5.41, 5.74) is 0.963. The second-order valence-corrected chi connectivity index (χ2v) is 5.19. The normalized spacial score (nSPS) is 19.1. The second-order valence-electron chi connectivity index (χ2n) is 4.75. The largest absolute Gasteiger partial charge is 0.481 e. The smallest absolute Gasteiger partial charge is 0.303 e. The number of rotatable bonds is 5. The van der Waals surface area contributed by atoms with E-state index in [1.807, 2.05) is 12.1 Å². The van der Waals surface area contributed by atoms with Crippen molar-refractivity contribution in [3.63, 3.8) is 0 Å². The van der Waals surface area contributed by atoms with E-state index >= 15 is 0 Å². The van der Waals surface area contributed by atoms with Crippen molar-refractivity contribution in [3.8, 4) is 0 Å². The molecule has 1 aliphatic heterocycles.